The third kappa shape index (κ3) is 2.24. The molecular weight excluding hydrogens is 296 g/mol. The molecule has 0 atom stereocenters. The van der Waals surface area contributed by atoms with E-state index in [-0.39, 0.29) is 5.54 Å². The van der Waals surface area contributed by atoms with Crippen molar-refractivity contribution >= 4 is 21.9 Å². The lowest BCUT2D eigenvalue weighted by Crippen LogP contribution is -2.70. The van der Waals surface area contributed by atoms with E-state index in [0.717, 1.165) is 49.8 Å². The smallest absolute Gasteiger partial charge is 0.225 e. The summed E-state index contributed by atoms with van der Waals surface area (Å²) in [5.41, 5.74) is 0.250. The van der Waals surface area contributed by atoms with Crippen LogP contribution in [-0.4, -0.2) is 59.8 Å². The number of morpholine rings is 1. The summed E-state index contributed by atoms with van der Waals surface area (Å²) in [5.74, 6) is 0.823. The minimum absolute atomic E-state index is 0.250. The zero-order chi connectivity index (χ0) is 12.6. The summed E-state index contributed by atoms with van der Waals surface area (Å²) in [6.07, 6.45) is 3.60. The first kappa shape index (κ1) is 12.3. The highest BCUT2D eigenvalue weighted by atomic mass is 79.9. The van der Waals surface area contributed by atoms with Gasteiger partial charge in [0.2, 0.25) is 5.95 Å². The van der Waals surface area contributed by atoms with E-state index >= 15 is 0 Å². The Kier molecular flexibility index (Phi) is 3.25. The minimum atomic E-state index is 0.250. The van der Waals surface area contributed by atoms with Gasteiger partial charge in [-0.15, -0.1) is 0 Å². The predicted octanol–water partition coefficient (Wildman–Crippen LogP) is 1.15. The fourth-order valence-electron chi connectivity index (χ4n) is 2.69. The number of hydrogen-bond donors (Lipinski definition) is 0. The highest BCUT2D eigenvalue weighted by Gasteiger charge is 2.44. The van der Waals surface area contributed by atoms with E-state index in [0.29, 0.717) is 0 Å². The van der Waals surface area contributed by atoms with Gasteiger partial charge in [0.25, 0.3) is 0 Å². The molecule has 0 unspecified atom stereocenters. The van der Waals surface area contributed by atoms with Crippen LogP contribution in [0.3, 0.4) is 0 Å². The second-order valence-corrected chi connectivity index (χ2v) is 6.07. The first-order chi connectivity index (χ1) is 8.67. The van der Waals surface area contributed by atoms with E-state index in [4.69, 9.17) is 4.74 Å². The topological polar surface area (TPSA) is 41.5 Å². The minimum Gasteiger partial charge on any atom is -0.379 e. The molecule has 6 heteroatoms. The Morgan fingerprint density at radius 1 is 1.22 bits per heavy atom. The zero-order valence-electron chi connectivity index (χ0n) is 10.5. The van der Waals surface area contributed by atoms with Crippen molar-refractivity contribution in [3.63, 3.8) is 0 Å². The Morgan fingerprint density at radius 2 is 1.83 bits per heavy atom. The number of anilines is 1. The lowest BCUT2D eigenvalue weighted by molar-refractivity contribution is -0.0268. The molecule has 3 rings (SSSR count). The average Bonchev–Trinajstić information content (AvgIpc) is 2.37. The van der Waals surface area contributed by atoms with E-state index in [9.17, 15) is 0 Å². The van der Waals surface area contributed by atoms with Crippen molar-refractivity contribution in [3.05, 3.63) is 16.9 Å². The summed E-state index contributed by atoms with van der Waals surface area (Å²) in [7, 11) is 0. The van der Waals surface area contributed by atoms with Gasteiger partial charge < -0.3 is 9.64 Å². The fourth-order valence-corrected chi connectivity index (χ4v) is 2.89. The molecule has 1 aromatic rings. The lowest BCUT2D eigenvalue weighted by Gasteiger charge is -2.54. The van der Waals surface area contributed by atoms with E-state index in [2.05, 4.69) is 42.6 Å². The Bertz CT molecular complexity index is 413. The number of hydrogen-bond acceptors (Lipinski definition) is 5. The standard InChI is InChI=1S/C12H17BrN4O/c1-12(17-2-4-18-5-3-17)8-16(9-12)11-14-6-10(13)7-15-11/h6-7H,2-5,8-9H2,1H3. The van der Waals surface area contributed by atoms with Crippen molar-refractivity contribution in [2.24, 2.45) is 0 Å². The number of halogens is 1. The van der Waals surface area contributed by atoms with Crippen LogP contribution in [0.25, 0.3) is 0 Å². The van der Waals surface area contributed by atoms with Crippen molar-refractivity contribution in [1.29, 1.82) is 0 Å². The molecule has 0 saturated carbocycles. The van der Waals surface area contributed by atoms with Crippen molar-refractivity contribution in [3.8, 4) is 0 Å². The molecule has 1 aromatic heterocycles. The van der Waals surface area contributed by atoms with Crippen LogP contribution >= 0.6 is 15.9 Å². The maximum absolute atomic E-state index is 5.40. The van der Waals surface area contributed by atoms with Crippen molar-refractivity contribution in [1.82, 2.24) is 14.9 Å². The molecule has 2 aliphatic rings. The summed E-state index contributed by atoms with van der Waals surface area (Å²) in [6.45, 7) is 8.07. The predicted molar refractivity (Wildman–Crippen MR) is 72.7 cm³/mol. The van der Waals surface area contributed by atoms with Gasteiger partial charge in [0.1, 0.15) is 0 Å². The second-order valence-electron chi connectivity index (χ2n) is 5.15. The molecule has 3 heterocycles. The molecule has 5 nitrogen and oxygen atoms in total. The fraction of sp³-hybridized carbons (Fsp3) is 0.667. The maximum atomic E-state index is 5.40. The van der Waals surface area contributed by atoms with E-state index in [1.807, 2.05) is 0 Å². The third-order valence-electron chi connectivity index (χ3n) is 3.73. The van der Waals surface area contributed by atoms with Crippen LogP contribution in [0.4, 0.5) is 5.95 Å². The van der Waals surface area contributed by atoms with E-state index in [1.165, 1.54) is 0 Å². The van der Waals surface area contributed by atoms with Crippen LogP contribution < -0.4 is 4.90 Å². The summed E-state index contributed by atoms with van der Waals surface area (Å²) < 4.78 is 6.32. The number of rotatable bonds is 2. The lowest BCUT2D eigenvalue weighted by atomic mass is 9.90. The molecule has 2 saturated heterocycles. The maximum Gasteiger partial charge on any atom is 0.225 e. The molecule has 18 heavy (non-hydrogen) atoms. The van der Waals surface area contributed by atoms with E-state index in [1.54, 1.807) is 12.4 Å². The normalized spacial score (nSPS) is 23.8. The third-order valence-corrected chi connectivity index (χ3v) is 4.14. The molecule has 2 aliphatic heterocycles. The summed E-state index contributed by atoms with van der Waals surface area (Å²) in [5, 5.41) is 0. The van der Waals surface area contributed by atoms with E-state index < -0.39 is 0 Å². The molecule has 0 amide bonds. The highest BCUT2D eigenvalue weighted by molar-refractivity contribution is 9.10. The van der Waals surface area contributed by atoms with Gasteiger partial charge in [0.05, 0.1) is 23.2 Å². The molecule has 0 bridgehead atoms. The molecule has 2 fully saturated rings. The van der Waals surface area contributed by atoms with Crippen LogP contribution in [0, 0.1) is 0 Å². The molecule has 0 aliphatic carbocycles. The van der Waals surface area contributed by atoms with Gasteiger partial charge in [-0.3, -0.25) is 4.90 Å². The van der Waals surface area contributed by atoms with Gasteiger partial charge in [0, 0.05) is 38.6 Å². The summed E-state index contributed by atoms with van der Waals surface area (Å²) >= 11 is 3.35. The molecule has 98 valence electrons. The highest BCUT2D eigenvalue weighted by Crippen LogP contribution is 2.30. The van der Waals surface area contributed by atoms with Crippen molar-refractivity contribution < 1.29 is 4.74 Å². The zero-order valence-corrected chi connectivity index (χ0v) is 12.1. The number of ether oxygens (including phenoxy) is 1. The Labute approximate surface area is 115 Å². The monoisotopic (exact) mass is 312 g/mol. The van der Waals surface area contributed by atoms with Crippen molar-refractivity contribution in [2.75, 3.05) is 44.3 Å². The van der Waals surface area contributed by atoms with Gasteiger partial charge in [0.15, 0.2) is 0 Å². The molecular formula is C12H17BrN4O. The van der Waals surface area contributed by atoms with Gasteiger partial charge in [-0.1, -0.05) is 0 Å². The van der Waals surface area contributed by atoms with Crippen LogP contribution in [0.1, 0.15) is 6.92 Å². The molecule has 0 N–H and O–H groups in total. The number of nitrogens with zero attached hydrogens (tertiary/aromatic N) is 4. The molecule has 0 aromatic carbocycles. The van der Waals surface area contributed by atoms with Crippen LogP contribution in [0.15, 0.2) is 16.9 Å². The van der Waals surface area contributed by atoms with Gasteiger partial charge >= 0.3 is 0 Å². The van der Waals surface area contributed by atoms with Gasteiger partial charge in [-0.25, -0.2) is 9.97 Å². The van der Waals surface area contributed by atoms with Crippen LogP contribution in [-0.2, 0) is 4.74 Å². The van der Waals surface area contributed by atoms with Crippen molar-refractivity contribution in [2.45, 2.75) is 12.5 Å². The Hall–Kier alpha value is -0.720. The first-order valence-corrected chi connectivity index (χ1v) is 7.02. The Balaban J connectivity index is 1.63. The second kappa shape index (κ2) is 4.75. The Morgan fingerprint density at radius 3 is 2.44 bits per heavy atom. The molecule has 0 spiro atoms. The van der Waals surface area contributed by atoms with Gasteiger partial charge in [-0.05, 0) is 22.9 Å². The van der Waals surface area contributed by atoms with Gasteiger partial charge in [-0.2, -0.15) is 0 Å². The first-order valence-electron chi connectivity index (χ1n) is 6.23. The van der Waals surface area contributed by atoms with Crippen LogP contribution in [0.5, 0.6) is 0 Å². The quantitative estimate of drug-likeness (QED) is 0.819. The SMILES string of the molecule is CC1(N2CCOCC2)CN(c2ncc(Br)cn2)C1. The summed E-state index contributed by atoms with van der Waals surface area (Å²) in [6, 6.07) is 0. The molecule has 0 radical (unpaired) electrons. The largest absolute Gasteiger partial charge is 0.379 e. The number of aromatic nitrogens is 2. The average molecular weight is 313 g/mol. The summed E-state index contributed by atoms with van der Waals surface area (Å²) in [4.78, 5) is 13.4. The van der Waals surface area contributed by atoms with Crippen LogP contribution in [0.2, 0.25) is 0 Å².